The fraction of sp³-hybridized carbons (Fsp3) is 0.312. The van der Waals surface area contributed by atoms with Crippen LogP contribution < -0.4 is 10.9 Å². The van der Waals surface area contributed by atoms with Crippen LogP contribution in [0.1, 0.15) is 18.5 Å². The predicted molar refractivity (Wildman–Crippen MR) is 96.9 cm³/mol. The van der Waals surface area contributed by atoms with Gasteiger partial charge in [-0.15, -0.1) is 0 Å². The van der Waals surface area contributed by atoms with Crippen molar-refractivity contribution >= 4 is 45.0 Å². The minimum Gasteiger partial charge on any atom is -0.299 e. The van der Waals surface area contributed by atoms with Crippen LogP contribution in [0.4, 0.5) is 0 Å². The van der Waals surface area contributed by atoms with Gasteiger partial charge in [0, 0.05) is 18.7 Å². The number of rotatable bonds is 4. The summed E-state index contributed by atoms with van der Waals surface area (Å²) >= 11 is 6.06. The third-order valence-electron chi connectivity index (χ3n) is 4.04. The van der Waals surface area contributed by atoms with Gasteiger partial charge in [0.05, 0.1) is 17.2 Å². The van der Waals surface area contributed by atoms with Gasteiger partial charge in [-0.1, -0.05) is 17.7 Å². The van der Waals surface area contributed by atoms with E-state index in [1.807, 2.05) is 12.1 Å². The third kappa shape index (κ3) is 4.41. The third-order valence-corrected chi connectivity index (χ3v) is 6.16. The van der Waals surface area contributed by atoms with Crippen LogP contribution in [0.3, 0.4) is 0 Å². The Morgan fingerprint density at radius 2 is 2.15 bits per heavy atom. The molecular weight excluding hydrogens is 380 g/mol. The van der Waals surface area contributed by atoms with Crippen LogP contribution in [-0.2, 0) is 19.4 Å². The van der Waals surface area contributed by atoms with Crippen LogP contribution in [0, 0.1) is 5.92 Å². The van der Waals surface area contributed by atoms with E-state index < -0.39 is 21.7 Å². The SMILES string of the molecule is O=C(/C=C/c1c(Cl)nc2ccccn12)NNC(=O)C[C@H]1CCS(=O)(=O)C1. The molecule has 1 aliphatic heterocycles. The summed E-state index contributed by atoms with van der Waals surface area (Å²) in [5, 5.41) is 0.256. The van der Waals surface area contributed by atoms with Crippen molar-refractivity contribution in [1.82, 2.24) is 20.2 Å². The first-order valence-corrected chi connectivity index (χ1v) is 10.1. The number of hydrogen-bond acceptors (Lipinski definition) is 5. The van der Waals surface area contributed by atoms with Crippen LogP contribution in [0.2, 0.25) is 5.15 Å². The van der Waals surface area contributed by atoms with Gasteiger partial charge in [-0.2, -0.15) is 0 Å². The topological polar surface area (TPSA) is 110 Å². The highest BCUT2D eigenvalue weighted by Crippen LogP contribution is 2.21. The number of fused-ring (bicyclic) bond motifs is 1. The number of carbonyl (C=O) groups excluding carboxylic acids is 2. The lowest BCUT2D eigenvalue weighted by Crippen LogP contribution is -2.41. The van der Waals surface area contributed by atoms with Crippen molar-refractivity contribution in [3.8, 4) is 0 Å². The van der Waals surface area contributed by atoms with Crippen LogP contribution >= 0.6 is 11.6 Å². The smallest absolute Gasteiger partial charge is 0.262 e. The first-order valence-electron chi connectivity index (χ1n) is 7.94. The molecule has 3 heterocycles. The molecule has 2 N–H and O–H groups in total. The predicted octanol–water partition coefficient (Wildman–Crippen LogP) is 0.973. The second-order valence-corrected chi connectivity index (χ2v) is 8.65. The van der Waals surface area contributed by atoms with Crippen molar-refractivity contribution in [2.45, 2.75) is 12.8 Å². The molecule has 138 valence electrons. The number of carbonyl (C=O) groups is 2. The second kappa shape index (κ2) is 7.46. The second-order valence-electron chi connectivity index (χ2n) is 6.06. The normalized spacial score (nSPS) is 19.0. The monoisotopic (exact) mass is 396 g/mol. The van der Waals surface area contributed by atoms with Crippen LogP contribution in [-0.4, -0.2) is 41.1 Å². The van der Waals surface area contributed by atoms with Gasteiger partial charge in [0.25, 0.3) is 5.91 Å². The molecule has 10 heteroatoms. The zero-order chi connectivity index (χ0) is 18.7. The molecule has 26 heavy (non-hydrogen) atoms. The van der Waals surface area contributed by atoms with E-state index in [4.69, 9.17) is 11.6 Å². The average molecular weight is 397 g/mol. The summed E-state index contributed by atoms with van der Waals surface area (Å²) in [6, 6.07) is 5.42. The first-order chi connectivity index (χ1) is 12.3. The minimum atomic E-state index is -3.03. The first kappa shape index (κ1) is 18.4. The number of imidazole rings is 1. The minimum absolute atomic E-state index is 0.0149. The molecule has 0 radical (unpaired) electrons. The molecule has 0 aliphatic carbocycles. The molecule has 0 bridgehead atoms. The number of nitrogens with zero attached hydrogens (tertiary/aromatic N) is 2. The highest BCUT2D eigenvalue weighted by Gasteiger charge is 2.29. The summed E-state index contributed by atoms with van der Waals surface area (Å²) in [4.78, 5) is 27.8. The highest BCUT2D eigenvalue weighted by atomic mass is 35.5. The van der Waals surface area contributed by atoms with E-state index in [0.29, 0.717) is 17.8 Å². The van der Waals surface area contributed by atoms with Gasteiger partial charge >= 0.3 is 0 Å². The zero-order valence-corrected chi connectivity index (χ0v) is 15.3. The maximum Gasteiger partial charge on any atom is 0.262 e. The molecule has 1 aliphatic rings. The quantitative estimate of drug-likeness (QED) is 0.591. The molecule has 1 fully saturated rings. The van der Waals surface area contributed by atoms with Crippen LogP contribution in [0.25, 0.3) is 11.7 Å². The van der Waals surface area contributed by atoms with E-state index in [1.165, 1.54) is 12.2 Å². The Hall–Kier alpha value is -2.39. The van der Waals surface area contributed by atoms with Gasteiger partial charge in [0.1, 0.15) is 5.65 Å². The Balaban J connectivity index is 1.53. The summed E-state index contributed by atoms with van der Waals surface area (Å²) in [6.07, 6.45) is 5.01. The molecule has 2 aromatic rings. The summed E-state index contributed by atoms with van der Waals surface area (Å²) in [7, 11) is -3.03. The van der Waals surface area contributed by atoms with Gasteiger partial charge in [-0.3, -0.25) is 24.8 Å². The fourth-order valence-electron chi connectivity index (χ4n) is 2.81. The Kier molecular flexibility index (Phi) is 5.28. The molecule has 0 spiro atoms. The van der Waals surface area contributed by atoms with E-state index in [0.717, 1.165) is 0 Å². The maximum atomic E-state index is 11.8. The summed E-state index contributed by atoms with van der Waals surface area (Å²) in [6.45, 7) is 0. The molecule has 3 rings (SSSR count). The number of nitrogens with one attached hydrogen (secondary N) is 2. The van der Waals surface area contributed by atoms with E-state index in [-0.39, 0.29) is 29.0 Å². The number of aromatic nitrogens is 2. The molecular formula is C16H17ClN4O4S. The molecule has 1 atom stereocenters. The lowest BCUT2D eigenvalue weighted by Gasteiger charge is -2.08. The molecule has 0 aromatic carbocycles. The van der Waals surface area contributed by atoms with Crippen molar-refractivity contribution in [3.05, 3.63) is 41.3 Å². The number of amides is 2. The van der Waals surface area contributed by atoms with Gasteiger partial charge < -0.3 is 0 Å². The molecule has 2 amide bonds. The van der Waals surface area contributed by atoms with E-state index >= 15 is 0 Å². The van der Waals surface area contributed by atoms with E-state index in [1.54, 1.807) is 16.7 Å². The molecule has 0 unspecified atom stereocenters. The summed E-state index contributed by atoms with van der Waals surface area (Å²) < 4.78 is 24.5. The highest BCUT2D eigenvalue weighted by molar-refractivity contribution is 7.91. The summed E-state index contributed by atoms with van der Waals surface area (Å²) in [5.41, 5.74) is 5.73. The number of sulfone groups is 1. The molecule has 2 aromatic heterocycles. The molecule has 8 nitrogen and oxygen atoms in total. The van der Waals surface area contributed by atoms with E-state index in [9.17, 15) is 18.0 Å². The molecule has 0 saturated carbocycles. The Bertz CT molecular complexity index is 983. The molecule has 1 saturated heterocycles. The average Bonchev–Trinajstić information content (AvgIpc) is 3.09. The van der Waals surface area contributed by atoms with Gasteiger partial charge in [0.2, 0.25) is 5.91 Å². The fourth-order valence-corrected chi connectivity index (χ4v) is 4.91. The van der Waals surface area contributed by atoms with Crippen molar-refractivity contribution in [3.63, 3.8) is 0 Å². The lowest BCUT2D eigenvalue weighted by molar-refractivity contribution is -0.127. The Labute approximate surface area is 155 Å². The number of halogens is 1. The number of hydrogen-bond donors (Lipinski definition) is 2. The van der Waals surface area contributed by atoms with Crippen molar-refractivity contribution in [2.75, 3.05) is 11.5 Å². The van der Waals surface area contributed by atoms with Crippen molar-refractivity contribution in [1.29, 1.82) is 0 Å². The van der Waals surface area contributed by atoms with Crippen LogP contribution in [0.5, 0.6) is 0 Å². The van der Waals surface area contributed by atoms with Gasteiger partial charge in [-0.25, -0.2) is 13.4 Å². The number of hydrazine groups is 1. The van der Waals surface area contributed by atoms with Gasteiger partial charge in [-0.05, 0) is 30.5 Å². The lowest BCUT2D eigenvalue weighted by atomic mass is 10.1. The largest absolute Gasteiger partial charge is 0.299 e. The van der Waals surface area contributed by atoms with Crippen molar-refractivity contribution in [2.24, 2.45) is 5.92 Å². The standard InChI is InChI=1S/C16H17ClN4O4S/c17-16-12(21-7-2-1-3-13(21)18-16)4-5-14(22)19-20-15(23)9-11-6-8-26(24,25)10-11/h1-5,7,11H,6,8-10H2,(H,19,22)(H,20,23)/b5-4+/t11-/m1/s1. The van der Waals surface area contributed by atoms with E-state index in [2.05, 4.69) is 15.8 Å². The number of pyridine rings is 1. The Morgan fingerprint density at radius 1 is 1.35 bits per heavy atom. The zero-order valence-electron chi connectivity index (χ0n) is 13.7. The van der Waals surface area contributed by atoms with Crippen LogP contribution in [0.15, 0.2) is 30.5 Å². The van der Waals surface area contributed by atoms with Crippen molar-refractivity contribution < 1.29 is 18.0 Å². The van der Waals surface area contributed by atoms with Gasteiger partial charge in [0.15, 0.2) is 15.0 Å². The summed E-state index contributed by atoms with van der Waals surface area (Å²) in [5.74, 6) is -1.05. The maximum absolute atomic E-state index is 11.8. The Morgan fingerprint density at radius 3 is 2.88 bits per heavy atom.